The molecule has 2 aliphatic carbocycles. The first kappa shape index (κ1) is 11.2. The molecule has 1 spiro atoms. The van der Waals surface area contributed by atoms with Crippen molar-refractivity contribution in [3.63, 3.8) is 0 Å². The van der Waals surface area contributed by atoms with Crippen LogP contribution in [0.4, 0.5) is 0 Å². The van der Waals surface area contributed by atoms with Crippen LogP contribution >= 0.6 is 0 Å². The average molecular weight is 256 g/mol. The van der Waals surface area contributed by atoms with E-state index >= 15 is 0 Å². The molecular formula is C16H16O3. The Kier molecular flexibility index (Phi) is 2.06. The molecule has 19 heavy (non-hydrogen) atoms. The van der Waals surface area contributed by atoms with Gasteiger partial charge in [-0.05, 0) is 29.9 Å². The average Bonchev–Trinajstić information content (AvgIpc) is 2.76. The molecule has 1 aromatic carbocycles. The van der Waals surface area contributed by atoms with Gasteiger partial charge in [0.15, 0.2) is 0 Å². The maximum Gasteiger partial charge on any atom is 0.319 e. The van der Waals surface area contributed by atoms with Crippen LogP contribution in [0.5, 0.6) is 0 Å². The van der Waals surface area contributed by atoms with Crippen molar-refractivity contribution in [3.8, 4) is 0 Å². The molecule has 1 aromatic rings. The molecule has 0 bridgehead atoms. The van der Waals surface area contributed by atoms with Crippen LogP contribution in [-0.4, -0.2) is 19.7 Å². The predicted octanol–water partition coefficient (Wildman–Crippen LogP) is 2.51. The lowest BCUT2D eigenvalue weighted by molar-refractivity contribution is -0.211. The second-order valence-corrected chi connectivity index (χ2v) is 5.66. The van der Waals surface area contributed by atoms with Crippen molar-refractivity contribution in [1.29, 1.82) is 0 Å². The fourth-order valence-electron chi connectivity index (χ4n) is 4.26. The number of fused-ring (bicyclic) bond motifs is 1. The summed E-state index contributed by atoms with van der Waals surface area (Å²) in [6.45, 7) is 0.728. The highest BCUT2D eigenvalue weighted by Gasteiger charge is 2.73. The molecule has 1 saturated heterocycles. The zero-order chi connectivity index (χ0) is 13.1. The first-order chi connectivity index (χ1) is 9.24. The van der Waals surface area contributed by atoms with Gasteiger partial charge in [-0.2, -0.15) is 0 Å². The Bertz CT molecular complexity index is 591. The third kappa shape index (κ3) is 1.07. The molecule has 4 rings (SSSR count). The number of esters is 1. The fourth-order valence-corrected chi connectivity index (χ4v) is 4.26. The number of benzene rings is 1. The summed E-state index contributed by atoms with van der Waals surface area (Å²) in [7, 11) is 1.46. The summed E-state index contributed by atoms with van der Waals surface area (Å²) in [5.74, 6) is 0.258. The fraction of sp³-hybridized carbons (Fsp3) is 0.438. The monoisotopic (exact) mass is 256 g/mol. The molecule has 3 aliphatic rings. The van der Waals surface area contributed by atoms with Gasteiger partial charge in [0.25, 0.3) is 0 Å². The number of carbonyl (C=O) groups is 1. The van der Waals surface area contributed by atoms with Gasteiger partial charge in [0.05, 0.1) is 7.11 Å². The summed E-state index contributed by atoms with van der Waals surface area (Å²) in [6.07, 6.45) is 5.91. The van der Waals surface area contributed by atoms with Crippen molar-refractivity contribution in [1.82, 2.24) is 0 Å². The van der Waals surface area contributed by atoms with E-state index < -0.39 is 11.0 Å². The number of hydrogen-bond donors (Lipinski definition) is 0. The van der Waals surface area contributed by atoms with Crippen LogP contribution in [0.15, 0.2) is 30.3 Å². The third-order valence-corrected chi connectivity index (χ3v) is 5.06. The Morgan fingerprint density at radius 1 is 1.42 bits per heavy atom. The molecule has 0 radical (unpaired) electrons. The van der Waals surface area contributed by atoms with E-state index in [9.17, 15) is 4.79 Å². The van der Waals surface area contributed by atoms with Gasteiger partial charge >= 0.3 is 5.97 Å². The molecule has 3 heteroatoms. The Balaban J connectivity index is 1.96. The topological polar surface area (TPSA) is 35.5 Å². The van der Waals surface area contributed by atoms with Crippen LogP contribution in [0.1, 0.15) is 24.0 Å². The molecule has 1 aliphatic heterocycles. The van der Waals surface area contributed by atoms with E-state index in [1.807, 2.05) is 24.3 Å². The SMILES string of the molecule is COC(=O)[C@]12C=Cc3ccccc3[C@]13OCC[C@@H]3C2. The number of ether oxygens (including phenoxy) is 2. The maximum atomic E-state index is 12.3. The highest BCUT2D eigenvalue weighted by atomic mass is 16.5. The maximum absolute atomic E-state index is 12.3. The molecular weight excluding hydrogens is 240 g/mol. The molecule has 3 atom stereocenters. The Labute approximate surface area is 112 Å². The molecule has 0 aromatic heterocycles. The van der Waals surface area contributed by atoms with Gasteiger partial charge in [0.1, 0.15) is 11.0 Å². The molecule has 98 valence electrons. The normalized spacial score (nSPS) is 37.8. The van der Waals surface area contributed by atoms with Gasteiger partial charge in [0.2, 0.25) is 0 Å². The Hall–Kier alpha value is -1.61. The van der Waals surface area contributed by atoms with Crippen molar-refractivity contribution in [2.24, 2.45) is 11.3 Å². The minimum Gasteiger partial charge on any atom is -0.468 e. The van der Waals surface area contributed by atoms with E-state index in [1.165, 1.54) is 7.11 Å². The number of carbonyl (C=O) groups excluding carboxylic acids is 1. The van der Waals surface area contributed by atoms with Crippen molar-refractivity contribution in [3.05, 3.63) is 41.5 Å². The second kappa shape index (κ2) is 3.48. The van der Waals surface area contributed by atoms with Gasteiger partial charge in [-0.3, -0.25) is 4.79 Å². The lowest BCUT2D eigenvalue weighted by Gasteiger charge is -2.59. The molecule has 1 heterocycles. The third-order valence-electron chi connectivity index (χ3n) is 5.06. The van der Waals surface area contributed by atoms with E-state index in [0.717, 1.165) is 30.6 Å². The van der Waals surface area contributed by atoms with Gasteiger partial charge in [-0.1, -0.05) is 36.4 Å². The van der Waals surface area contributed by atoms with Gasteiger partial charge in [-0.15, -0.1) is 0 Å². The summed E-state index contributed by atoms with van der Waals surface area (Å²) in [6, 6.07) is 8.21. The van der Waals surface area contributed by atoms with Crippen molar-refractivity contribution in [2.75, 3.05) is 13.7 Å². The quantitative estimate of drug-likeness (QED) is 0.724. The predicted molar refractivity (Wildman–Crippen MR) is 70.3 cm³/mol. The molecule has 1 saturated carbocycles. The van der Waals surface area contributed by atoms with E-state index in [1.54, 1.807) is 0 Å². The van der Waals surface area contributed by atoms with Gasteiger partial charge in [0, 0.05) is 6.61 Å². The summed E-state index contributed by atoms with van der Waals surface area (Å²) >= 11 is 0. The van der Waals surface area contributed by atoms with Crippen LogP contribution < -0.4 is 0 Å². The Morgan fingerprint density at radius 2 is 2.26 bits per heavy atom. The van der Waals surface area contributed by atoms with Gasteiger partial charge < -0.3 is 9.47 Å². The van der Waals surface area contributed by atoms with Crippen molar-refractivity contribution < 1.29 is 14.3 Å². The van der Waals surface area contributed by atoms with E-state index in [0.29, 0.717) is 5.92 Å². The summed E-state index contributed by atoms with van der Waals surface area (Å²) in [4.78, 5) is 12.3. The number of hydrogen-bond acceptors (Lipinski definition) is 3. The zero-order valence-electron chi connectivity index (χ0n) is 10.9. The summed E-state index contributed by atoms with van der Waals surface area (Å²) < 4.78 is 11.2. The summed E-state index contributed by atoms with van der Waals surface area (Å²) in [5, 5.41) is 0. The molecule has 2 fully saturated rings. The van der Waals surface area contributed by atoms with Crippen molar-refractivity contribution >= 4 is 12.0 Å². The minimum absolute atomic E-state index is 0.170. The first-order valence-electron chi connectivity index (χ1n) is 6.76. The van der Waals surface area contributed by atoms with Crippen LogP contribution in [0.2, 0.25) is 0 Å². The van der Waals surface area contributed by atoms with Crippen molar-refractivity contribution in [2.45, 2.75) is 18.4 Å². The standard InChI is InChI=1S/C16H16O3/c1-18-14(17)15-8-6-11-4-2-3-5-13(11)16(15)12(10-15)7-9-19-16/h2-6,8,12H,7,9-10H2,1H3/t12-,15-,16+/m1/s1. The van der Waals surface area contributed by atoms with Crippen LogP contribution in [0, 0.1) is 11.3 Å². The smallest absolute Gasteiger partial charge is 0.319 e. The zero-order valence-corrected chi connectivity index (χ0v) is 10.9. The lowest BCUT2D eigenvalue weighted by Crippen LogP contribution is -2.64. The highest BCUT2D eigenvalue weighted by molar-refractivity contribution is 5.87. The second-order valence-electron chi connectivity index (χ2n) is 5.66. The minimum atomic E-state index is -0.614. The largest absolute Gasteiger partial charge is 0.468 e. The van der Waals surface area contributed by atoms with Gasteiger partial charge in [-0.25, -0.2) is 0 Å². The molecule has 0 N–H and O–H groups in total. The van der Waals surface area contributed by atoms with Crippen LogP contribution in [-0.2, 0) is 19.9 Å². The van der Waals surface area contributed by atoms with E-state index in [4.69, 9.17) is 9.47 Å². The van der Waals surface area contributed by atoms with Crippen LogP contribution in [0.3, 0.4) is 0 Å². The number of rotatable bonds is 1. The highest BCUT2D eigenvalue weighted by Crippen LogP contribution is 2.69. The van der Waals surface area contributed by atoms with Crippen LogP contribution in [0.25, 0.3) is 6.08 Å². The summed E-state index contributed by atoms with van der Waals surface area (Å²) in [5.41, 5.74) is 1.22. The molecule has 3 nitrogen and oxygen atoms in total. The number of methoxy groups -OCH3 is 1. The van der Waals surface area contributed by atoms with E-state index in [-0.39, 0.29) is 5.97 Å². The Morgan fingerprint density at radius 3 is 3.05 bits per heavy atom. The van der Waals surface area contributed by atoms with E-state index in [2.05, 4.69) is 12.1 Å². The molecule has 0 amide bonds. The first-order valence-corrected chi connectivity index (χ1v) is 6.76. The molecule has 0 unspecified atom stereocenters. The lowest BCUT2D eigenvalue weighted by atomic mass is 9.46.